The molecule has 1 saturated heterocycles. The standard InChI is InChI=1S/C10H20N2O3S/c11-4-1-5-16(14,15)12-6-8-2-3-10(13)9(8)7-12/h8-10,13H,1-7,11H2. The quantitative estimate of drug-likeness (QED) is 0.693. The molecular formula is C10H20N2O3S. The van der Waals surface area contributed by atoms with Crippen LogP contribution in [0.15, 0.2) is 0 Å². The number of aliphatic hydroxyl groups is 1. The van der Waals surface area contributed by atoms with Crippen LogP contribution in [0.4, 0.5) is 0 Å². The molecule has 2 aliphatic rings. The van der Waals surface area contributed by atoms with Crippen LogP contribution in [-0.2, 0) is 10.0 Å². The Morgan fingerprint density at radius 3 is 2.69 bits per heavy atom. The summed E-state index contributed by atoms with van der Waals surface area (Å²) in [7, 11) is -3.15. The zero-order valence-corrected chi connectivity index (χ0v) is 10.2. The summed E-state index contributed by atoms with van der Waals surface area (Å²) >= 11 is 0. The molecule has 1 aliphatic carbocycles. The molecule has 0 spiro atoms. The van der Waals surface area contributed by atoms with Gasteiger partial charge in [-0.2, -0.15) is 0 Å². The van der Waals surface area contributed by atoms with Crippen molar-refractivity contribution in [3.05, 3.63) is 0 Å². The van der Waals surface area contributed by atoms with Crippen molar-refractivity contribution in [3.8, 4) is 0 Å². The lowest BCUT2D eigenvalue weighted by Gasteiger charge is -2.17. The van der Waals surface area contributed by atoms with Crippen molar-refractivity contribution in [2.45, 2.75) is 25.4 Å². The topological polar surface area (TPSA) is 83.6 Å². The van der Waals surface area contributed by atoms with Crippen molar-refractivity contribution in [2.75, 3.05) is 25.4 Å². The van der Waals surface area contributed by atoms with E-state index >= 15 is 0 Å². The Morgan fingerprint density at radius 1 is 1.31 bits per heavy atom. The van der Waals surface area contributed by atoms with Crippen LogP contribution < -0.4 is 5.73 Å². The lowest BCUT2D eigenvalue weighted by Crippen LogP contribution is -2.33. The molecule has 0 aromatic carbocycles. The van der Waals surface area contributed by atoms with Crippen molar-refractivity contribution in [3.63, 3.8) is 0 Å². The first-order valence-electron chi connectivity index (χ1n) is 5.90. The summed E-state index contributed by atoms with van der Waals surface area (Å²) in [5, 5.41) is 9.72. The van der Waals surface area contributed by atoms with Crippen molar-refractivity contribution in [2.24, 2.45) is 17.6 Å². The van der Waals surface area contributed by atoms with E-state index in [9.17, 15) is 13.5 Å². The number of nitrogens with two attached hydrogens (primary N) is 1. The Bertz CT molecular complexity index is 344. The average Bonchev–Trinajstić information content (AvgIpc) is 2.79. The molecule has 5 nitrogen and oxygen atoms in total. The van der Waals surface area contributed by atoms with E-state index in [1.54, 1.807) is 4.31 Å². The minimum absolute atomic E-state index is 0.138. The number of sulfonamides is 1. The first-order chi connectivity index (χ1) is 7.54. The van der Waals surface area contributed by atoms with Crippen LogP contribution in [0.1, 0.15) is 19.3 Å². The molecule has 94 valence electrons. The molecule has 16 heavy (non-hydrogen) atoms. The number of nitrogens with zero attached hydrogens (tertiary/aromatic N) is 1. The normalized spacial score (nSPS) is 35.5. The van der Waals surface area contributed by atoms with Gasteiger partial charge < -0.3 is 10.8 Å². The Hall–Kier alpha value is -0.170. The minimum Gasteiger partial charge on any atom is -0.393 e. The Labute approximate surface area is 96.7 Å². The van der Waals surface area contributed by atoms with Crippen molar-refractivity contribution in [1.29, 1.82) is 0 Å². The van der Waals surface area contributed by atoms with Gasteiger partial charge in [0.15, 0.2) is 0 Å². The van der Waals surface area contributed by atoms with Gasteiger partial charge in [-0.15, -0.1) is 0 Å². The molecule has 3 N–H and O–H groups in total. The van der Waals surface area contributed by atoms with E-state index in [2.05, 4.69) is 0 Å². The maximum atomic E-state index is 11.9. The molecule has 0 radical (unpaired) electrons. The van der Waals surface area contributed by atoms with Crippen LogP contribution in [0.5, 0.6) is 0 Å². The van der Waals surface area contributed by atoms with Crippen molar-refractivity contribution >= 4 is 10.0 Å². The fourth-order valence-electron chi connectivity index (χ4n) is 2.82. The van der Waals surface area contributed by atoms with Crippen LogP contribution >= 0.6 is 0 Å². The van der Waals surface area contributed by atoms with Crippen LogP contribution in [-0.4, -0.2) is 49.3 Å². The SMILES string of the molecule is NCCCS(=O)(=O)N1CC2CCC(O)C2C1. The molecular weight excluding hydrogens is 228 g/mol. The van der Waals surface area contributed by atoms with E-state index in [4.69, 9.17) is 5.73 Å². The summed E-state index contributed by atoms with van der Waals surface area (Å²) < 4.78 is 25.4. The maximum Gasteiger partial charge on any atom is 0.214 e. The molecule has 3 atom stereocenters. The number of fused-ring (bicyclic) bond motifs is 1. The minimum atomic E-state index is -3.15. The van der Waals surface area contributed by atoms with Gasteiger partial charge in [-0.3, -0.25) is 0 Å². The first-order valence-corrected chi connectivity index (χ1v) is 7.51. The lowest BCUT2D eigenvalue weighted by molar-refractivity contribution is 0.129. The maximum absolute atomic E-state index is 11.9. The zero-order chi connectivity index (χ0) is 11.8. The molecule has 1 saturated carbocycles. The predicted octanol–water partition coefficient (Wildman–Crippen LogP) is -0.632. The van der Waals surface area contributed by atoms with Gasteiger partial charge in [0, 0.05) is 19.0 Å². The van der Waals surface area contributed by atoms with Gasteiger partial charge in [-0.05, 0) is 31.7 Å². The first kappa shape index (κ1) is 12.3. The summed E-state index contributed by atoms with van der Waals surface area (Å²) in [6.45, 7) is 1.50. The van der Waals surface area contributed by atoms with Crippen LogP contribution in [0.2, 0.25) is 0 Å². The third-order valence-electron chi connectivity index (χ3n) is 3.79. The molecule has 0 amide bonds. The van der Waals surface area contributed by atoms with Gasteiger partial charge in [0.05, 0.1) is 11.9 Å². The smallest absolute Gasteiger partial charge is 0.214 e. The summed E-state index contributed by atoms with van der Waals surface area (Å²) in [5.41, 5.74) is 5.33. The van der Waals surface area contributed by atoms with E-state index in [0.29, 0.717) is 32.0 Å². The van der Waals surface area contributed by atoms with Crippen LogP contribution in [0.3, 0.4) is 0 Å². The average molecular weight is 248 g/mol. The summed E-state index contributed by atoms with van der Waals surface area (Å²) in [5.74, 6) is 0.661. The molecule has 0 aromatic rings. The number of aliphatic hydroxyl groups excluding tert-OH is 1. The molecule has 1 aliphatic heterocycles. The highest BCUT2D eigenvalue weighted by Crippen LogP contribution is 2.39. The van der Waals surface area contributed by atoms with E-state index in [1.807, 2.05) is 0 Å². The number of hydrogen-bond donors (Lipinski definition) is 2. The third-order valence-corrected chi connectivity index (χ3v) is 5.67. The number of rotatable bonds is 4. The molecule has 6 heteroatoms. The van der Waals surface area contributed by atoms with E-state index < -0.39 is 10.0 Å². The molecule has 2 fully saturated rings. The summed E-state index contributed by atoms with van der Waals surface area (Å²) in [6.07, 6.45) is 1.98. The monoisotopic (exact) mass is 248 g/mol. The Kier molecular flexibility index (Phi) is 3.53. The number of hydrogen-bond acceptors (Lipinski definition) is 4. The van der Waals surface area contributed by atoms with Crippen molar-refractivity contribution < 1.29 is 13.5 Å². The van der Waals surface area contributed by atoms with Gasteiger partial charge >= 0.3 is 0 Å². The molecule has 1 heterocycles. The van der Waals surface area contributed by atoms with Crippen molar-refractivity contribution in [1.82, 2.24) is 4.31 Å². The Balaban J connectivity index is 1.98. The molecule has 3 unspecified atom stereocenters. The van der Waals surface area contributed by atoms with E-state index in [0.717, 1.165) is 12.8 Å². The largest absolute Gasteiger partial charge is 0.393 e. The highest BCUT2D eigenvalue weighted by Gasteiger charge is 2.45. The highest BCUT2D eigenvalue weighted by molar-refractivity contribution is 7.89. The third kappa shape index (κ3) is 2.25. The molecule has 0 bridgehead atoms. The second-order valence-electron chi connectivity index (χ2n) is 4.84. The van der Waals surface area contributed by atoms with E-state index in [1.165, 1.54) is 0 Å². The molecule has 0 aromatic heterocycles. The fraction of sp³-hybridized carbons (Fsp3) is 1.00. The Morgan fingerprint density at radius 2 is 2.06 bits per heavy atom. The second-order valence-corrected chi connectivity index (χ2v) is 6.93. The van der Waals surface area contributed by atoms with E-state index in [-0.39, 0.29) is 17.8 Å². The fourth-order valence-corrected chi connectivity index (χ4v) is 4.43. The van der Waals surface area contributed by atoms with Gasteiger partial charge in [0.1, 0.15) is 0 Å². The van der Waals surface area contributed by atoms with Gasteiger partial charge in [0.2, 0.25) is 10.0 Å². The van der Waals surface area contributed by atoms with Gasteiger partial charge in [-0.25, -0.2) is 12.7 Å². The van der Waals surface area contributed by atoms with Gasteiger partial charge in [0.25, 0.3) is 0 Å². The highest BCUT2D eigenvalue weighted by atomic mass is 32.2. The zero-order valence-electron chi connectivity index (χ0n) is 9.38. The van der Waals surface area contributed by atoms with Crippen LogP contribution in [0.25, 0.3) is 0 Å². The lowest BCUT2D eigenvalue weighted by atomic mass is 10.00. The summed E-state index contributed by atoms with van der Waals surface area (Å²) in [4.78, 5) is 0. The summed E-state index contributed by atoms with van der Waals surface area (Å²) in [6, 6.07) is 0. The van der Waals surface area contributed by atoms with Gasteiger partial charge in [-0.1, -0.05) is 0 Å². The van der Waals surface area contributed by atoms with Crippen LogP contribution in [0, 0.1) is 11.8 Å². The molecule has 2 rings (SSSR count). The second kappa shape index (κ2) is 4.60. The predicted molar refractivity (Wildman–Crippen MR) is 61.3 cm³/mol.